The molecule has 4 heterocycles. The molecule has 1 unspecified atom stereocenters. The second-order valence-electron chi connectivity index (χ2n) is 18.4. The zero-order chi connectivity index (χ0) is 49.4. The quantitative estimate of drug-likeness (QED) is 0.0691. The van der Waals surface area contributed by atoms with Crippen LogP contribution in [-0.4, -0.2) is 100 Å². The van der Waals surface area contributed by atoms with Gasteiger partial charge in [0.15, 0.2) is 17.2 Å². The largest absolute Gasteiger partial charge is 0.479 e. The van der Waals surface area contributed by atoms with Crippen LogP contribution in [0.2, 0.25) is 5.02 Å². The number of aliphatic carboxylic acids is 1. The zero-order valence-electron chi connectivity index (χ0n) is 37.7. The van der Waals surface area contributed by atoms with Gasteiger partial charge in [0.05, 0.1) is 10.6 Å². The number of rotatable bonds is 15. The summed E-state index contributed by atoms with van der Waals surface area (Å²) in [5.41, 5.74) is 2.96. The third kappa shape index (κ3) is 10.8. The maximum Gasteiger partial charge on any atom is 0.349 e. The Morgan fingerprint density at radius 1 is 0.884 bits per heavy atom. The van der Waals surface area contributed by atoms with Crippen molar-refractivity contribution < 1.29 is 56.9 Å². The Kier molecular flexibility index (Phi) is 14.2. The van der Waals surface area contributed by atoms with E-state index in [9.17, 15) is 47.1 Å². The van der Waals surface area contributed by atoms with Crippen molar-refractivity contribution in [3.63, 3.8) is 0 Å². The molecular formula is C48H51ClN6O12S2. The molecular weight excluding hydrogens is 952 g/mol. The molecule has 3 fully saturated rings. The van der Waals surface area contributed by atoms with E-state index in [4.69, 9.17) is 21.4 Å². The molecule has 1 saturated carbocycles. The number of ether oxygens (including phenoxy) is 1. The summed E-state index contributed by atoms with van der Waals surface area (Å²) >= 11 is 7.39. The van der Waals surface area contributed by atoms with Crippen molar-refractivity contribution in [1.29, 1.82) is 0 Å². The van der Waals surface area contributed by atoms with Crippen molar-refractivity contribution in [3.05, 3.63) is 93.3 Å². The fraction of sp³-hybridized carbons (Fsp3) is 0.396. The number of thiophene rings is 1. The first kappa shape index (κ1) is 49.1. The summed E-state index contributed by atoms with van der Waals surface area (Å²) in [4.78, 5) is 89.1. The van der Waals surface area contributed by atoms with E-state index in [1.807, 2.05) is 19.9 Å². The molecule has 3 aliphatic heterocycles. The van der Waals surface area contributed by atoms with Crippen LogP contribution >= 0.6 is 22.9 Å². The fourth-order valence-electron chi connectivity index (χ4n) is 9.82. The van der Waals surface area contributed by atoms with Crippen LogP contribution < -0.4 is 26.0 Å². The molecule has 364 valence electrons. The van der Waals surface area contributed by atoms with E-state index in [0.717, 1.165) is 11.3 Å². The van der Waals surface area contributed by atoms with Gasteiger partial charge < -0.3 is 35.8 Å². The number of nitrogens with one attached hydrogen (secondary N) is 4. The molecule has 2 saturated heterocycles. The summed E-state index contributed by atoms with van der Waals surface area (Å²) in [5.74, 6) is -5.48. The number of hydrogen-bond donors (Lipinski definition) is 6. The highest BCUT2D eigenvalue weighted by Crippen LogP contribution is 2.46. The lowest BCUT2D eigenvalue weighted by Crippen LogP contribution is -2.55. The van der Waals surface area contributed by atoms with Crippen molar-refractivity contribution in [2.24, 2.45) is 11.8 Å². The van der Waals surface area contributed by atoms with Crippen LogP contribution in [0.1, 0.15) is 96.4 Å². The zero-order valence-corrected chi connectivity index (χ0v) is 40.1. The molecule has 1 aliphatic carbocycles. The predicted octanol–water partition coefficient (Wildman–Crippen LogP) is 6.56. The van der Waals surface area contributed by atoms with Gasteiger partial charge in [0.25, 0.3) is 5.91 Å². The van der Waals surface area contributed by atoms with Gasteiger partial charge in [-0.05, 0) is 106 Å². The molecule has 1 aromatic heterocycles. The van der Waals surface area contributed by atoms with Crippen LogP contribution in [0.15, 0.2) is 66.7 Å². The average molecular weight is 1000 g/mol. The summed E-state index contributed by atoms with van der Waals surface area (Å²) in [5, 5.41) is 30.5. The van der Waals surface area contributed by atoms with Crippen molar-refractivity contribution in [2.45, 2.75) is 95.1 Å². The number of anilines is 3. The molecule has 8 rings (SSSR count). The molecule has 5 amide bonds. The number of hydrogen-bond acceptors (Lipinski definition) is 12. The first-order chi connectivity index (χ1) is 32.8. The van der Waals surface area contributed by atoms with Gasteiger partial charge in [-0.1, -0.05) is 41.9 Å². The Bertz CT molecular complexity index is 2860. The Morgan fingerprint density at radius 2 is 1.57 bits per heavy atom. The molecule has 4 aromatic rings. The molecule has 21 heteroatoms. The monoisotopic (exact) mass is 1000 g/mol. The highest BCUT2D eigenvalue weighted by molar-refractivity contribution is 7.88. The van der Waals surface area contributed by atoms with Crippen molar-refractivity contribution in [3.8, 4) is 16.2 Å². The molecule has 18 nitrogen and oxygen atoms in total. The van der Waals surface area contributed by atoms with Crippen LogP contribution in [0.25, 0.3) is 10.4 Å². The number of carbonyl (C=O) groups excluding carboxylic acids is 5. The van der Waals surface area contributed by atoms with Crippen molar-refractivity contribution in [1.82, 2.24) is 14.5 Å². The van der Waals surface area contributed by atoms with Crippen LogP contribution in [0, 0.1) is 11.8 Å². The molecule has 6 N–H and O–H groups in total. The van der Waals surface area contributed by atoms with Gasteiger partial charge >= 0.3 is 11.9 Å². The summed E-state index contributed by atoms with van der Waals surface area (Å²) in [6.07, 6.45) is 3.15. The van der Waals surface area contributed by atoms with E-state index in [0.29, 0.717) is 82.7 Å². The Morgan fingerprint density at radius 3 is 2.25 bits per heavy atom. The number of fused-ring (bicyclic) bond motifs is 1. The Hall–Kier alpha value is -6.35. The van der Waals surface area contributed by atoms with E-state index >= 15 is 0 Å². The lowest BCUT2D eigenvalue weighted by atomic mass is 9.81. The average Bonchev–Trinajstić information content (AvgIpc) is 3.81. The first-order valence-corrected chi connectivity index (χ1v) is 25.3. The molecule has 0 spiro atoms. The fourth-order valence-corrected chi connectivity index (χ4v) is 13.2. The smallest absolute Gasteiger partial charge is 0.349 e. The molecule has 4 aliphatic rings. The highest BCUT2D eigenvalue weighted by Gasteiger charge is 2.43. The van der Waals surface area contributed by atoms with Crippen molar-refractivity contribution >= 4 is 91.5 Å². The van der Waals surface area contributed by atoms with Crippen molar-refractivity contribution in [2.75, 3.05) is 29.1 Å². The van der Waals surface area contributed by atoms with Gasteiger partial charge in [-0.25, -0.2) is 18.0 Å². The topological polar surface area (TPSA) is 258 Å². The normalized spacial score (nSPS) is 21.5. The minimum Gasteiger partial charge on any atom is -0.479 e. The Balaban J connectivity index is 0.828. The number of amides is 5. The SMILES string of the molecule is CC1(C)C[C@@H](Nc2cccc(-c3sc(C(=O)O)c(OCC(=O)O)c3Cl)c2)CCN1S(=O)(=O)Cc1cccc(NC(=O)[C@H]2CC[C@H](C(=O)Nc3cccc4c3CN(C3CCC(=O)NC3=O)C4=O)CC2)c1. The minimum absolute atomic E-state index is 0.0101. The van der Waals surface area contributed by atoms with Gasteiger partial charge in [-0.2, -0.15) is 4.31 Å². The van der Waals surface area contributed by atoms with E-state index in [2.05, 4.69) is 21.3 Å². The number of sulfonamides is 1. The molecule has 0 radical (unpaired) electrons. The number of carboxylic acids is 2. The first-order valence-electron chi connectivity index (χ1n) is 22.5. The van der Waals surface area contributed by atoms with Crippen LogP contribution in [0.5, 0.6) is 5.75 Å². The van der Waals surface area contributed by atoms with Gasteiger partial charge in [-0.3, -0.25) is 29.3 Å². The van der Waals surface area contributed by atoms with Gasteiger partial charge in [0.1, 0.15) is 11.1 Å². The summed E-state index contributed by atoms with van der Waals surface area (Å²) in [7, 11) is -3.83. The number of nitrogens with zero attached hydrogens (tertiary/aromatic N) is 2. The summed E-state index contributed by atoms with van der Waals surface area (Å²) < 4.78 is 34.8. The number of piperidine rings is 2. The maximum absolute atomic E-state index is 14.0. The predicted molar refractivity (Wildman–Crippen MR) is 257 cm³/mol. The molecule has 3 aromatic carbocycles. The standard InChI is InChI=1S/C48H51ClN6O12S2/c1-48(2)22-32(50-31-9-4-7-29(21-31)41-39(49)40(67-24-38(57)58)42(68-41)47(63)64)18-19-55(48)69(65,66)25-26-6-3-8-30(20-26)51-43(59)27-12-14-28(15-13-27)44(60)52-35-11-5-10-33-34(35)23-54(46(33)62)36-16-17-37(56)53-45(36)61/h3-11,20-21,27-28,32,36,50H,12-19,22-25H2,1-2H3,(H,51,59)(H,52,60)(H,57,58)(H,63,64)(H,53,56,61)/t27-,28-,32-,36?/m0/s1. The van der Waals surface area contributed by atoms with E-state index in [-0.39, 0.29) is 88.8 Å². The third-order valence-electron chi connectivity index (χ3n) is 13.1. The van der Waals surface area contributed by atoms with Crippen LogP contribution in [0.3, 0.4) is 0 Å². The lowest BCUT2D eigenvalue weighted by Gasteiger charge is -2.45. The van der Waals surface area contributed by atoms with Gasteiger partial charge in [0.2, 0.25) is 33.7 Å². The van der Waals surface area contributed by atoms with Crippen LogP contribution in [0.4, 0.5) is 17.1 Å². The van der Waals surface area contributed by atoms with E-state index < -0.39 is 46.1 Å². The Labute approximate surface area is 406 Å². The van der Waals surface area contributed by atoms with E-state index in [1.54, 1.807) is 60.7 Å². The maximum atomic E-state index is 14.0. The van der Waals surface area contributed by atoms with Gasteiger partial charge in [0, 0.05) is 71.1 Å². The number of benzene rings is 3. The number of aromatic carboxylic acids is 1. The molecule has 0 bridgehead atoms. The number of halogens is 1. The number of imide groups is 1. The van der Waals surface area contributed by atoms with Gasteiger partial charge in [-0.15, -0.1) is 11.3 Å². The van der Waals surface area contributed by atoms with E-state index in [1.165, 1.54) is 9.21 Å². The number of carboxylic acid groups (broad SMARTS) is 2. The van der Waals surface area contributed by atoms with Crippen LogP contribution in [-0.2, 0) is 46.3 Å². The molecule has 2 atom stereocenters. The molecule has 69 heavy (non-hydrogen) atoms. The summed E-state index contributed by atoms with van der Waals surface area (Å²) in [6.45, 7) is 3.35. The second kappa shape index (κ2) is 19.9. The minimum atomic E-state index is -3.83. The summed E-state index contributed by atoms with van der Waals surface area (Å²) in [6, 6.07) is 18.1. The second-order valence-corrected chi connectivity index (χ2v) is 21.7. The third-order valence-corrected chi connectivity index (χ3v) is 16.9. The lowest BCUT2D eigenvalue weighted by molar-refractivity contribution is -0.139. The number of carbonyl (C=O) groups is 7. The highest BCUT2D eigenvalue weighted by atomic mass is 35.5.